The Hall–Kier alpha value is -1.70. The molecular formula is C12H20N2O3. The molecule has 0 rings (SSSR count). The summed E-state index contributed by atoms with van der Waals surface area (Å²) in [6.07, 6.45) is 5.51. The molecule has 2 atom stereocenters. The number of nitrogens with one attached hydrogen (secondary N) is 2. The molecule has 96 valence electrons. The van der Waals surface area contributed by atoms with Gasteiger partial charge in [-0.1, -0.05) is 20.8 Å². The molecule has 0 saturated heterocycles. The molecule has 2 amide bonds. The van der Waals surface area contributed by atoms with Gasteiger partial charge in [0.25, 0.3) is 0 Å². The maximum Gasteiger partial charge on any atom is 0.326 e. The smallest absolute Gasteiger partial charge is 0.326 e. The number of terminal acetylenes is 1. The fourth-order valence-corrected chi connectivity index (χ4v) is 1.27. The Balaban J connectivity index is 4.44. The highest BCUT2D eigenvalue weighted by molar-refractivity contribution is 5.83. The Labute approximate surface area is 102 Å². The minimum Gasteiger partial charge on any atom is -0.480 e. The number of aliphatic carboxylic acids is 1. The van der Waals surface area contributed by atoms with E-state index in [1.165, 1.54) is 0 Å². The van der Waals surface area contributed by atoms with E-state index in [0.29, 0.717) is 6.42 Å². The minimum atomic E-state index is -1.06. The third kappa shape index (κ3) is 5.81. The molecule has 0 aliphatic rings. The minimum absolute atomic E-state index is 0.186. The first-order valence-electron chi connectivity index (χ1n) is 5.41. The third-order valence-electron chi connectivity index (χ3n) is 2.19. The van der Waals surface area contributed by atoms with Crippen LogP contribution in [0.3, 0.4) is 0 Å². The van der Waals surface area contributed by atoms with E-state index in [1.807, 2.05) is 0 Å². The summed E-state index contributed by atoms with van der Waals surface area (Å²) in [5.74, 6) is 1.36. The number of carbonyl (C=O) groups excluding carboxylic acids is 1. The second kappa shape index (κ2) is 6.14. The van der Waals surface area contributed by atoms with E-state index in [-0.39, 0.29) is 6.04 Å². The van der Waals surface area contributed by atoms with Crippen molar-refractivity contribution >= 4 is 12.0 Å². The van der Waals surface area contributed by atoms with Crippen molar-refractivity contribution in [2.45, 2.75) is 46.2 Å². The molecule has 0 aromatic carbocycles. The molecule has 0 fully saturated rings. The normalized spacial score (nSPS) is 14.3. The predicted molar refractivity (Wildman–Crippen MR) is 65.5 cm³/mol. The molecule has 0 bridgehead atoms. The van der Waals surface area contributed by atoms with Gasteiger partial charge in [0, 0.05) is 12.5 Å². The summed E-state index contributed by atoms with van der Waals surface area (Å²) < 4.78 is 0. The first-order valence-corrected chi connectivity index (χ1v) is 5.41. The van der Waals surface area contributed by atoms with Gasteiger partial charge in [-0.05, 0) is 12.3 Å². The summed E-state index contributed by atoms with van der Waals surface area (Å²) >= 11 is 0. The van der Waals surface area contributed by atoms with Gasteiger partial charge >= 0.3 is 12.0 Å². The Morgan fingerprint density at radius 3 is 2.24 bits per heavy atom. The topological polar surface area (TPSA) is 78.4 Å². The van der Waals surface area contributed by atoms with Crippen LogP contribution in [0.4, 0.5) is 4.79 Å². The Morgan fingerprint density at radius 1 is 1.35 bits per heavy atom. The lowest BCUT2D eigenvalue weighted by atomic mass is 9.87. The van der Waals surface area contributed by atoms with E-state index < -0.39 is 23.5 Å². The van der Waals surface area contributed by atoms with Crippen molar-refractivity contribution in [2.75, 3.05) is 0 Å². The summed E-state index contributed by atoms with van der Waals surface area (Å²) in [5.41, 5.74) is -0.557. The molecule has 0 radical (unpaired) electrons. The summed E-state index contributed by atoms with van der Waals surface area (Å²) in [6.45, 7) is 7.00. The number of hydrogen-bond acceptors (Lipinski definition) is 2. The predicted octanol–water partition coefficient (Wildman–Crippen LogP) is 1.20. The molecule has 0 aromatic heterocycles. The van der Waals surface area contributed by atoms with Crippen molar-refractivity contribution in [1.29, 1.82) is 0 Å². The summed E-state index contributed by atoms with van der Waals surface area (Å²) in [7, 11) is 0. The van der Waals surface area contributed by atoms with Gasteiger partial charge < -0.3 is 15.7 Å². The highest BCUT2D eigenvalue weighted by Gasteiger charge is 2.32. The van der Waals surface area contributed by atoms with Crippen LogP contribution in [-0.2, 0) is 4.79 Å². The van der Waals surface area contributed by atoms with Crippen molar-refractivity contribution in [3.63, 3.8) is 0 Å². The molecule has 0 aliphatic carbocycles. The Kier molecular flexibility index (Phi) is 5.52. The van der Waals surface area contributed by atoms with Gasteiger partial charge in [0.2, 0.25) is 0 Å². The zero-order valence-electron chi connectivity index (χ0n) is 10.7. The summed E-state index contributed by atoms with van der Waals surface area (Å²) in [4.78, 5) is 22.6. The lowest BCUT2D eigenvalue weighted by molar-refractivity contribution is -0.141. The summed E-state index contributed by atoms with van der Waals surface area (Å²) in [5, 5.41) is 14.0. The van der Waals surface area contributed by atoms with Crippen molar-refractivity contribution in [3.8, 4) is 12.3 Å². The molecule has 3 N–H and O–H groups in total. The Bertz CT molecular complexity index is 326. The highest BCUT2D eigenvalue weighted by Crippen LogP contribution is 2.19. The van der Waals surface area contributed by atoms with Crippen molar-refractivity contribution in [1.82, 2.24) is 10.6 Å². The number of amides is 2. The van der Waals surface area contributed by atoms with Crippen LogP contribution in [0.25, 0.3) is 0 Å². The zero-order valence-corrected chi connectivity index (χ0v) is 10.7. The lowest BCUT2D eigenvalue weighted by Crippen LogP contribution is -2.53. The van der Waals surface area contributed by atoms with Crippen molar-refractivity contribution < 1.29 is 14.7 Å². The van der Waals surface area contributed by atoms with Crippen LogP contribution < -0.4 is 10.6 Å². The van der Waals surface area contributed by atoms with E-state index in [9.17, 15) is 9.59 Å². The third-order valence-corrected chi connectivity index (χ3v) is 2.19. The van der Waals surface area contributed by atoms with Crippen LogP contribution in [0, 0.1) is 17.8 Å². The van der Waals surface area contributed by atoms with Gasteiger partial charge in [0.1, 0.15) is 6.04 Å². The van der Waals surface area contributed by atoms with Crippen LogP contribution in [0.1, 0.15) is 34.1 Å². The summed E-state index contributed by atoms with van der Waals surface area (Å²) in [6, 6.07) is -1.65. The first kappa shape index (κ1) is 15.3. The number of rotatable bonds is 4. The maximum absolute atomic E-state index is 11.5. The molecule has 5 heteroatoms. The monoisotopic (exact) mass is 240 g/mol. The fraction of sp³-hybridized carbons (Fsp3) is 0.667. The molecule has 0 heterocycles. The van der Waals surface area contributed by atoms with E-state index in [2.05, 4.69) is 16.6 Å². The zero-order chi connectivity index (χ0) is 13.6. The van der Waals surface area contributed by atoms with Crippen LogP contribution in [0.5, 0.6) is 0 Å². The number of urea groups is 1. The van der Waals surface area contributed by atoms with Crippen LogP contribution in [0.15, 0.2) is 0 Å². The molecule has 0 aromatic rings. The first-order chi connectivity index (χ1) is 7.68. The van der Waals surface area contributed by atoms with Crippen LogP contribution >= 0.6 is 0 Å². The van der Waals surface area contributed by atoms with Crippen LogP contribution in [-0.4, -0.2) is 29.2 Å². The molecular weight excluding hydrogens is 220 g/mol. The van der Waals surface area contributed by atoms with E-state index >= 15 is 0 Å². The molecule has 0 aliphatic heterocycles. The standard InChI is InChI=1S/C12H20N2O3/c1-6-7-8(2)13-11(17)14-9(10(15)16)12(3,4)5/h1,8-9H,7H2,2-5H3,(H,15,16)(H2,13,14,17)/t8?,9-/m0/s1. The van der Waals surface area contributed by atoms with E-state index in [1.54, 1.807) is 27.7 Å². The van der Waals surface area contributed by atoms with Gasteiger partial charge in [-0.25, -0.2) is 9.59 Å². The lowest BCUT2D eigenvalue weighted by Gasteiger charge is -2.28. The van der Waals surface area contributed by atoms with Gasteiger partial charge in [0.15, 0.2) is 0 Å². The van der Waals surface area contributed by atoms with Gasteiger partial charge in [0.05, 0.1) is 0 Å². The van der Waals surface area contributed by atoms with Crippen LogP contribution in [0.2, 0.25) is 0 Å². The molecule has 5 nitrogen and oxygen atoms in total. The molecule has 0 spiro atoms. The van der Waals surface area contributed by atoms with Crippen molar-refractivity contribution in [3.05, 3.63) is 0 Å². The number of carboxylic acids is 1. The van der Waals surface area contributed by atoms with Gasteiger partial charge in [-0.2, -0.15) is 0 Å². The van der Waals surface area contributed by atoms with E-state index in [4.69, 9.17) is 11.5 Å². The second-order valence-electron chi connectivity index (χ2n) is 5.06. The Morgan fingerprint density at radius 2 is 1.88 bits per heavy atom. The molecule has 1 unspecified atom stereocenters. The average Bonchev–Trinajstić information content (AvgIpc) is 2.12. The van der Waals surface area contributed by atoms with Crippen molar-refractivity contribution in [2.24, 2.45) is 5.41 Å². The average molecular weight is 240 g/mol. The highest BCUT2D eigenvalue weighted by atomic mass is 16.4. The second-order valence-corrected chi connectivity index (χ2v) is 5.06. The SMILES string of the molecule is C#CCC(C)NC(=O)N[C@@H](C(=O)O)C(C)(C)C. The quantitative estimate of drug-likeness (QED) is 0.646. The molecule has 17 heavy (non-hydrogen) atoms. The molecule has 0 saturated carbocycles. The number of carboxylic acid groups (broad SMARTS) is 1. The van der Waals surface area contributed by atoms with Gasteiger partial charge in [-0.3, -0.25) is 0 Å². The van der Waals surface area contributed by atoms with E-state index in [0.717, 1.165) is 0 Å². The number of carbonyl (C=O) groups is 2. The largest absolute Gasteiger partial charge is 0.480 e. The van der Waals surface area contributed by atoms with Gasteiger partial charge in [-0.15, -0.1) is 12.3 Å². The fourth-order valence-electron chi connectivity index (χ4n) is 1.27. The number of hydrogen-bond donors (Lipinski definition) is 3. The maximum atomic E-state index is 11.5.